The molecule has 2 rings (SSSR count). The average molecular weight is 447 g/mol. The largest absolute Gasteiger partial charge is 0.370 e. The molecular formula is C14H18IN5O2S. The minimum atomic E-state index is -3.56. The first kappa shape index (κ1) is 19.3. The van der Waals surface area contributed by atoms with Gasteiger partial charge in [0.25, 0.3) is 0 Å². The molecule has 23 heavy (non-hydrogen) atoms. The molecule has 0 aliphatic carbocycles. The number of benzene rings is 1. The van der Waals surface area contributed by atoms with E-state index in [1.807, 2.05) is 30.3 Å². The molecule has 0 saturated heterocycles. The van der Waals surface area contributed by atoms with Gasteiger partial charge >= 0.3 is 0 Å². The van der Waals surface area contributed by atoms with Gasteiger partial charge in [0.2, 0.25) is 10.0 Å². The van der Waals surface area contributed by atoms with Crippen molar-refractivity contribution in [2.75, 3.05) is 18.4 Å². The van der Waals surface area contributed by atoms with E-state index in [9.17, 15) is 8.42 Å². The number of hydrogen-bond donors (Lipinski definition) is 3. The molecule has 1 aromatic carbocycles. The third-order valence-electron chi connectivity index (χ3n) is 2.68. The Bertz CT molecular complexity index is 723. The summed E-state index contributed by atoms with van der Waals surface area (Å²) in [5, 5.41) is 2.91. The van der Waals surface area contributed by atoms with Gasteiger partial charge in [-0.05, 0) is 24.3 Å². The lowest BCUT2D eigenvalue weighted by molar-refractivity contribution is 0.582. The minimum Gasteiger partial charge on any atom is -0.370 e. The quantitative estimate of drug-likeness (QED) is 0.269. The second-order valence-electron chi connectivity index (χ2n) is 4.34. The van der Waals surface area contributed by atoms with Crippen LogP contribution in [0.4, 0.5) is 5.69 Å². The van der Waals surface area contributed by atoms with Crippen LogP contribution in [-0.2, 0) is 10.0 Å². The number of guanidine groups is 1. The standard InChI is InChI=1S/C14H17N5O2S.HI/c15-14(19-12-5-2-1-3-6-12)17-9-10-18-22(20,21)13-7-4-8-16-11-13;/h1-8,11,18H,9-10H2,(H3,15,17,19);1H. The molecule has 0 amide bonds. The Morgan fingerprint density at radius 1 is 1.17 bits per heavy atom. The molecule has 7 nitrogen and oxygen atoms in total. The molecule has 2 aromatic rings. The Labute approximate surface area is 152 Å². The highest BCUT2D eigenvalue weighted by Crippen LogP contribution is 2.05. The summed E-state index contributed by atoms with van der Waals surface area (Å²) in [6.07, 6.45) is 2.80. The van der Waals surface area contributed by atoms with Crippen LogP contribution in [-0.4, -0.2) is 32.5 Å². The monoisotopic (exact) mass is 447 g/mol. The molecule has 0 atom stereocenters. The van der Waals surface area contributed by atoms with Crippen LogP contribution in [0.3, 0.4) is 0 Å². The number of halogens is 1. The van der Waals surface area contributed by atoms with Crippen LogP contribution in [0.1, 0.15) is 0 Å². The summed E-state index contributed by atoms with van der Waals surface area (Å²) in [4.78, 5) is 7.95. The summed E-state index contributed by atoms with van der Waals surface area (Å²) in [5.74, 6) is 0.228. The molecule has 1 aromatic heterocycles. The number of nitrogens with two attached hydrogens (primary N) is 1. The number of aromatic nitrogens is 1. The normalized spacial score (nSPS) is 11.6. The number of nitrogens with zero attached hydrogens (tertiary/aromatic N) is 2. The zero-order valence-electron chi connectivity index (χ0n) is 12.2. The molecule has 4 N–H and O–H groups in total. The fourth-order valence-electron chi connectivity index (χ4n) is 1.65. The van der Waals surface area contributed by atoms with E-state index in [2.05, 4.69) is 20.0 Å². The maximum atomic E-state index is 11.9. The number of para-hydroxylation sites is 1. The smallest absolute Gasteiger partial charge is 0.242 e. The molecule has 0 saturated carbocycles. The summed E-state index contributed by atoms with van der Waals surface area (Å²) in [6, 6.07) is 12.4. The summed E-state index contributed by atoms with van der Waals surface area (Å²) in [5.41, 5.74) is 6.54. The van der Waals surface area contributed by atoms with Gasteiger partial charge in [-0.3, -0.25) is 9.98 Å². The second-order valence-corrected chi connectivity index (χ2v) is 6.11. The van der Waals surface area contributed by atoms with Crippen LogP contribution in [0.25, 0.3) is 0 Å². The number of rotatable bonds is 6. The van der Waals surface area contributed by atoms with Crippen molar-refractivity contribution in [1.82, 2.24) is 9.71 Å². The highest BCUT2D eigenvalue weighted by Gasteiger charge is 2.12. The van der Waals surface area contributed by atoms with Crippen molar-refractivity contribution in [3.63, 3.8) is 0 Å². The first-order valence-electron chi connectivity index (χ1n) is 6.59. The maximum absolute atomic E-state index is 11.9. The summed E-state index contributed by atoms with van der Waals surface area (Å²) < 4.78 is 26.3. The predicted molar refractivity (Wildman–Crippen MR) is 101 cm³/mol. The maximum Gasteiger partial charge on any atom is 0.242 e. The number of hydrogen-bond acceptors (Lipinski definition) is 4. The van der Waals surface area contributed by atoms with E-state index in [1.165, 1.54) is 18.5 Å². The van der Waals surface area contributed by atoms with Crippen molar-refractivity contribution in [1.29, 1.82) is 0 Å². The van der Waals surface area contributed by atoms with Crippen molar-refractivity contribution in [3.8, 4) is 0 Å². The molecular weight excluding hydrogens is 429 g/mol. The molecule has 0 aliphatic rings. The highest BCUT2D eigenvalue weighted by molar-refractivity contribution is 14.0. The fourth-order valence-corrected chi connectivity index (χ4v) is 2.64. The van der Waals surface area contributed by atoms with Gasteiger partial charge in [-0.2, -0.15) is 0 Å². The summed E-state index contributed by atoms with van der Waals surface area (Å²) >= 11 is 0. The SMILES string of the molecule is I.NC(=NCCNS(=O)(=O)c1cccnc1)Nc1ccccc1. The van der Waals surface area contributed by atoms with E-state index < -0.39 is 10.0 Å². The van der Waals surface area contributed by atoms with E-state index >= 15 is 0 Å². The van der Waals surface area contributed by atoms with Crippen LogP contribution < -0.4 is 15.8 Å². The average Bonchev–Trinajstić information content (AvgIpc) is 2.53. The van der Waals surface area contributed by atoms with Gasteiger partial charge in [-0.15, -0.1) is 24.0 Å². The minimum absolute atomic E-state index is 0. The van der Waals surface area contributed by atoms with Crippen LogP contribution >= 0.6 is 24.0 Å². The first-order chi connectivity index (χ1) is 10.6. The Morgan fingerprint density at radius 3 is 2.57 bits per heavy atom. The van der Waals surface area contributed by atoms with Gasteiger partial charge in [0.1, 0.15) is 4.90 Å². The Hall–Kier alpha value is -1.72. The third-order valence-corrected chi connectivity index (χ3v) is 4.12. The third kappa shape index (κ3) is 6.50. The Kier molecular flexibility index (Phi) is 7.92. The first-order valence-corrected chi connectivity index (χ1v) is 8.08. The van der Waals surface area contributed by atoms with Crippen LogP contribution in [0, 0.1) is 0 Å². The van der Waals surface area contributed by atoms with Crippen LogP contribution in [0.15, 0.2) is 64.7 Å². The predicted octanol–water partition coefficient (Wildman–Crippen LogP) is 1.40. The number of pyridine rings is 1. The molecule has 0 aliphatic heterocycles. The topological polar surface area (TPSA) is 109 Å². The van der Waals surface area contributed by atoms with Gasteiger partial charge < -0.3 is 11.1 Å². The molecule has 1 heterocycles. The van der Waals surface area contributed by atoms with Crippen LogP contribution in [0.5, 0.6) is 0 Å². The zero-order valence-corrected chi connectivity index (χ0v) is 15.4. The molecule has 0 unspecified atom stereocenters. The molecule has 0 radical (unpaired) electrons. The van der Waals surface area contributed by atoms with Crippen molar-refractivity contribution in [2.24, 2.45) is 10.7 Å². The van der Waals surface area contributed by atoms with E-state index in [0.29, 0.717) is 0 Å². The fraction of sp³-hybridized carbons (Fsp3) is 0.143. The summed E-state index contributed by atoms with van der Waals surface area (Å²) in [6.45, 7) is 0.375. The number of nitrogens with one attached hydrogen (secondary N) is 2. The Morgan fingerprint density at radius 2 is 1.91 bits per heavy atom. The van der Waals surface area contributed by atoms with E-state index in [4.69, 9.17) is 5.73 Å². The molecule has 124 valence electrons. The van der Waals surface area contributed by atoms with Gasteiger partial charge in [0.05, 0.1) is 6.54 Å². The second kappa shape index (κ2) is 9.43. The van der Waals surface area contributed by atoms with Gasteiger partial charge in [-0.1, -0.05) is 18.2 Å². The molecule has 0 spiro atoms. The van der Waals surface area contributed by atoms with E-state index in [1.54, 1.807) is 6.07 Å². The van der Waals surface area contributed by atoms with Gasteiger partial charge in [0.15, 0.2) is 5.96 Å². The van der Waals surface area contributed by atoms with Gasteiger partial charge in [-0.25, -0.2) is 13.1 Å². The zero-order chi connectivity index (χ0) is 15.8. The van der Waals surface area contributed by atoms with Crippen LogP contribution in [0.2, 0.25) is 0 Å². The van der Waals surface area contributed by atoms with Gasteiger partial charge in [0, 0.05) is 24.6 Å². The van der Waals surface area contributed by atoms with Crippen molar-refractivity contribution < 1.29 is 8.42 Å². The van der Waals surface area contributed by atoms with Crippen molar-refractivity contribution in [3.05, 3.63) is 54.9 Å². The van der Waals surface area contributed by atoms with E-state index in [-0.39, 0.29) is 47.9 Å². The Balaban J connectivity index is 0.00000264. The number of sulfonamides is 1. The molecule has 0 bridgehead atoms. The summed E-state index contributed by atoms with van der Waals surface area (Å²) in [7, 11) is -3.56. The van der Waals surface area contributed by atoms with Crippen molar-refractivity contribution in [2.45, 2.75) is 4.90 Å². The molecule has 9 heteroatoms. The lowest BCUT2D eigenvalue weighted by atomic mass is 10.3. The number of aliphatic imine (C=N–C) groups is 1. The highest BCUT2D eigenvalue weighted by atomic mass is 127. The molecule has 0 fully saturated rings. The lowest BCUT2D eigenvalue weighted by Gasteiger charge is -2.06. The van der Waals surface area contributed by atoms with E-state index in [0.717, 1.165) is 5.69 Å². The number of anilines is 1. The lowest BCUT2D eigenvalue weighted by Crippen LogP contribution is -2.28. The van der Waals surface area contributed by atoms with Crippen molar-refractivity contribution >= 4 is 45.6 Å².